The molecule has 156 valence electrons. The molecule has 0 aliphatic heterocycles. The highest BCUT2D eigenvalue weighted by molar-refractivity contribution is 6.36. The van der Waals surface area contributed by atoms with Crippen LogP contribution in [0, 0.1) is 0 Å². The average Bonchev–Trinajstić information content (AvgIpc) is 2.74. The average molecular weight is 442 g/mol. The largest absolute Gasteiger partial charge is 0.378 e. The molecule has 30 heavy (non-hydrogen) atoms. The number of carbonyl (C=O) groups excluding carboxylic acids is 1. The molecule has 0 aliphatic carbocycles. The fraction of sp³-hybridized carbons (Fsp3) is 0.208. The van der Waals surface area contributed by atoms with Gasteiger partial charge in [-0.1, -0.05) is 65.7 Å². The van der Waals surface area contributed by atoms with Crippen molar-refractivity contribution in [2.75, 3.05) is 24.3 Å². The van der Waals surface area contributed by atoms with Gasteiger partial charge in [-0.25, -0.2) is 4.79 Å². The molecule has 3 aromatic carbocycles. The van der Waals surface area contributed by atoms with E-state index in [2.05, 4.69) is 17.4 Å². The van der Waals surface area contributed by atoms with Crippen LogP contribution in [0.5, 0.6) is 0 Å². The van der Waals surface area contributed by atoms with Crippen LogP contribution >= 0.6 is 23.2 Å². The van der Waals surface area contributed by atoms with E-state index in [1.165, 1.54) is 0 Å². The minimum Gasteiger partial charge on any atom is -0.378 e. The third-order valence-corrected chi connectivity index (χ3v) is 5.54. The van der Waals surface area contributed by atoms with Crippen molar-refractivity contribution in [2.45, 2.75) is 19.5 Å². The first kappa shape index (κ1) is 22.0. The lowest BCUT2D eigenvalue weighted by atomic mass is 10.1. The summed E-state index contributed by atoms with van der Waals surface area (Å²) in [6.07, 6.45) is 0. The Labute approximate surface area is 188 Å². The molecule has 1 N–H and O–H groups in total. The van der Waals surface area contributed by atoms with Crippen LogP contribution in [-0.4, -0.2) is 25.0 Å². The number of benzene rings is 3. The Hall–Kier alpha value is -2.69. The molecule has 0 spiro atoms. The third kappa shape index (κ3) is 5.47. The second-order valence-corrected chi connectivity index (χ2v) is 8.17. The number of urea groups is 1. The van der Waals surface area contributed by atoms with Gasteiger partial charge in [-0.15, -0.1) is 0 Å². The number of halogens is 2. The third-order valence-electron chi connectivity index (χ3n) is 4.99. The number of nitrogens with one attached hydrogen (secondary N) is 1. The van der Waals surface area contributed by atoms with Crippen LogP contribution in [0.25, 0.3) is 0 Å². The van der Waals surface area contributed by atoms with Crippen LogP contribution < -0.4 is 10.2 Å². The second-order valence-electron chi connectivity index (χ2n) is 7.33. The summed E-state index contributed by atoms with van der Waals surface area (Å²) >= 11 is 12.2. The molecule has 0 aromatic heterocycles. The SMILES string of the molecule is CC(c1ccccc1)N(Cc1ccc(N(C)C)cc1)C(=O)Nc1ccc(Cl)cc1Cl. The smallest absolute Gasteiger partial charge is 0.322 e. The van der Waals surface area contributed by atoms with Gasteiger partial charge in [0.15, 0.2) is 0 Å². The predicted molar refractivity (Wildman–Crippen MR) is 127 cm³/mol. The first-order chi connectivity index (χ1) is 14.3. The highest BCUT2D eigenvalue weighted by Crippen LogP contribution is 2.28. The quantitative estimate of drug-likeness (QED) is 0.453. The van der Waals surface area contributed by atoms with Crippen molar-refractivity contribution in [3.8, 4) is 0 Å². The maximum atomic E-state index is 13.3. The van der Waals surface area contributed by atoms with E-state index in [-0.39, 0.29) is 12.1 Å². The van der Waals surface area contributed by atoms with E-state index < -0.39 is 0 Å². The van der Waals surface area contributed by atoms with Crippen molar-refractivity contribution < 1.29 is 4.79 Å². The van der Waals surface area contributed by atoms with Gasteiger partial charge in [0, 0.05) is 31.4 Å². The summed E-state index contributed by atoms with van der Waals surface area (Å²) in [7, 11) is 4.00. The standard InChI is InChI=1S/C24H25Cl2N3O/c1-17(19-7-5-4-6-8-19)29(16-18-9-12-21(13-10-18)28(2)3)24(30)27-23-14-11-20(25)15-22(23)26/h4-15,17H,16H2,1-3H3,(H,27,30). The van der Waals surface area contributed by atoms with Crippen LogP contribution in [0.3, 0.4) is 0 Å². The Morgan fingerprint density at radius 3 is 2.23 bits per heavy atom. The summed E-state index contributed by atoms with van der Waals surface area (Å²) in [5.74, 6) is 0. The Kier molecular flexibility index (Phi) is 7.24. The van der Waals surface area contributed by atoms with E-state index in [4.69, 9.17) is 23.2 Å². The van der Waals surface area contributed by atoms with Crippen molar-refractivity contribution in [1.82, 2.24) is 4.90 Å². The summed E-state index contributed by atoms with van der Waals surface area (Å²) in [6.45, 7) is 2.48. The number of anilines is 2. The molecule has 2 amide bonds. The summed E-state index contributed by atoms with van der Waals surface area (Å²) in [5.41, 5.74) is 3.73. The molecular weight excluding hydrogens is 417 g/mol. The van der Waals surface area contributed by atoms with Gasteiger partial charge in [0.05, 0.1) is 16.8 Å². The Morgan fingerprint density at radius 1 is 0.967 bits per heavy atom. The van der Waals surface area contributed by atoms with Gasteiger partial charge in [0.2, 0.25) is 0 Å². The van der Waals surface area contributed by atoms with Gasteiger partial charge in [0.25, 0.3) is 0 Å². The van der Waals surface area contributed by atoms with Crippen LogP contribution in [0.1, 0.15) is 24.1 Å². The summed E-state index contributed by atoms with van der Waals surface area (Å²) in [5, 5.41) is 3.85. The van der Waals surface area contributed by atoms with Crippen LogP contribution in [-0.2, 0) is 6.54 Å². The molecule has 3 aromatic rings. The molecular formula is C24H25Cl2N3O. The molecule has 3 rings (SSSR count). The number of rotatable bonds is 6. The predicted octanol–water partition coefficient (Wildman–Crippen LogP) is 6.85. The van der Waals surface area contributed by atoms with Gasteiger partial charge in [-0.3, -0.25) is 0 Å². The van der Waals surface area contributed by atoms with E-state index in [9.17, 15) is 4.79 Å². The van der Waals surface area contributed by atoms with Gasteiger partial charge >= 0.3 is 6.03 Å². The topological polar surface area (TPSA) is 35.6 Å². The molecule has 4 nitrogen and oxygen atoms in total. The highest BCUT2D eigenvalue weighted by Gasteiger charge is 2.22. The van der Waals surface area contributed by atoms with Crippen LogP contribution in [0.15, 0.2) is 72.8 Å². The summed E-state index contributed by atoms with van der Waals surface area (Å²) < 4.78 is 0. The van der Waals surface area contributed by atoms with Crippen molar-refractivity contribution in [2.24, 2.45) is 0 Å². The van der Waals surface area contributed by atoms with E-state index in [1.807, 2.05) is 68.4 Å². The van der Waals surface area contributed by atoms with Crippen LogP contribution in [0.4, 0.5) is 16.2 Å². The van der Waals surface area contributed by atoms with E-state index in [0.717, 1.165) is 16.8 Å². The summed E-state index contributed by atoms with van der Waals surface area (Å²) in [6, 6.07) is 22.8. The van der Waals surface area contributed by atoms with E-state index >= 15 is 0 Å². The van der Waals surface area contributed by atoms with Crippen molar-refractivity contribution in [3.63, 3.8) is 0 Å². The molecule has 0 saturated carbocycles. The van der Waals surface area contributed by atoms with Crippen LogP contribution in [0.2, 0.25) is 10.0 Å². The maximum Gasteiger partial charge on any atom is 0.322 e. The number of amides is 2. The molecule has 0 saturated heterocycles. The summed E-state index contributed by atoms with van der Waals surface area (Å²) in [4.78, 5) is 17.1. The molecule has 6 heteroatoms. The highest BCUT2D eigenvalue weighted by atomic mass is 35.5. The lowest BCUT2D eigenvalue weighted by Crippen LogP contribution is -2.36. The molecule has 1 atom stereocenters. The number of carbonyl (C=O) groups is 1. The lowest BCUT2D eigenvalue weighted by molar-refractivity contribution is 0.189. The van der Waals surface area contributed by atoms with Crippen molar-refractivity contribution in [1.29, 1.82) is 0 Å². The van der Waals surface area contributed by atoms with Gasteiger partial charge in [0.1, 0.15) is 0 Å². The molecule has 0 aliphatic rings. The molecule has 0 fully saturated rings. The molecule has 0 heterocycles. The minimum absolute atomic E-state index is 0.134. The second kappa shape index (κ2) is 9.88. The fourth-order valence-corrected chi connectivity index (χ4v) is 3.63. The van der Waals surface area contributed by atoms with Crippen molar-refractivity contribution in [3.05, 3.63) is 94.0 Å². The van der Waals surface area contributed by atoms with E-state index in [0.29, 0.717) is 22.3 Å². The molecule has 0 bridgehead atoms. The zero-order chi connectivity index (χ0) is 21.7. The van der Waals surface area contributed by atoms with Gasteiger partial charge in [-0.05, 0) is 48.4 Å². The number of hydrogen-bond donors (Lipinski definition) is 1. The first-order valence-corrected chi connectivity index (χ1v) is 10.4. The van der Waals surface area contributed by atoms with Gasteiger partial charge in [-0.2, -0.15) is 0 Å². The van der Waals surface area contributed by atoms with Gasteiger partial charge < -0.3 is 15.1 Å². The maximum absolute atomic E-state index is 13.3. The monoisotopic (exact) mass is 441 g/mol. The number of nitrogens with zero attached hydrogens (tertiary/aromatic N) is 2. The Morgan fingerprint density at radius 2 is 1.63 bits per heavy atom. The van der Waals surface area contributed by atoms with E-state index in [1.54, 1.807) is 23.1 Å². The lowest BCUT2D eigenvalue weighted by Gasteiger charge is -2.30. The first-order valence-electron chi connectivity index (χ1n) is 9.69. The number of hydrogen-bond acceptors (Lipinski definition) is 2. The molecule has 0 radical (unpaired) electrons. The molecule has 1 unspecified atom stereocenters. The Balaban J connectivity index is 1.87. The fourth-order valence-electron chi connectivity index (χ4n) is 3.17. The minimum atomic E-state index is -0.229. The van der Waals surface area contributed by atoms with Crippen molar-refractivity contribution >= 4 is 40.6 Å². The normalized spacial score (nSPS) is 11.6. The zero-order valence-electron chi connectivity index (χ0n) is 17.3. The zero-order valence-corrected chi connectivity index (χ0v) is 18.8. The Bertz CT molecular complexity index is 991.